The molecule has 0 amide bonds. The number of nitrogens with one attached hydrogen (secondary N) is 1. The van der Waals surface area contributed by atoms with Gasteiger partial charge in [-0.1, -0.05) is 17.7 Å². The van der Waals surface area contributed by atoms with E-state index in [4.69, 9.17) is 16.3 Å². The highest BCUT2D eigenvalue weighted by molar-refractivity contribution is 6.31. The Bertz CT molecular complexity index is 634. The fourth-order valence-corrected chi connectivity index (χ4v) is 2.21. The van der Waals surface area contributed by atoms with Crippen molar-refractivity contribution in [2.24, 2.45) is 0 Å². The van der Waals surface area contributed by atoms with Crippen molar-refractivity contribution >= 4 is 23.0 Å². The van der Waals surface area contributed by atoms with Crippen LogP contribution < -0.4 is 15.0 Å². The van der Waals surface area contributed by atoms with E-state index < -0.39 is 0 Å². The van der Waals surface area contributed by atoms with Crippen LogP contribution >= 0.6 is 11.6 Å². The smallest absolute Gasteiger partial charge is 0.239 e. The molecule has 0 unspecified atom stereocenters. The third-order valence-corrected chi connectivity index (χ3v) is 3.39. The van der Waals surface area contributed by atoms with E-state index in [0.717, 1.165) is 16.9 Å². The van der Waals surface area contributed by atoms with Gasteiger partial charge in [-0.3, -0.25) is 0 Å². The van der Waals surface area contributed by atoms with E-state index in [-0.39, 0.29) is 5.82 Å². The fraction of sp³-hybridized carbons (Fsp3) is 0.267. The number of ether oxygens (including phenoxy) is 1. The lowest BCUT2D eigenvalue weighted by atomic mass is 10.2. The molecule has 6 heteroatoms. The third kappa shape index (κ3) is 3.55. The van der Waals surface area contributed by atoms with Crippen molar-refractivity contribution < 1.29 is 9.13 Å². The summed E-state index contributed by atoms with van der Waals surface area (Å²) in [5.74, 6) is 0.149. The summed E-state index contributed by atoms with van der Waals surface area (Å²) in [5.41, 5.74) is 2.51. The Morgan fingerprint density at radius 2 is 2.10 bits per heavy atom. The van der Waals surface area contributed by atoms with Gasteiger partial charge in [-0.25, -0.2) is 9.37 Å². The molecule has 1 aromatic heterocycles. The Labute approximate surface area is 128 Å². The van der Waals surface area contributed by atoms with Crippen LogP contribution in [0.25, 0.3) is 0 Å². The Kier molecular flexibility index (Phi) is 4.85. The Morgan fingerprint density at radius 3 is 2.71 bits per heavy atom. The summed E-state index contributed by atoms with van der Waals surface area (Å²) in [6, 6.07) is 6.22. The molecule has 0 radical (unpaired) electrons. The van der Waals surface area contributed by atoms with E-state index in [9.17, 15) is 4.39 Å². The second-order valence-corrected chi connectivity index (χ2v) is 5.11. The molecular formula is C15H17ClFN3O. The molecule has 0 fully saturated rings. The van der Waals surface area contributed by atoms with Gasteiger partial charge in [0.15, 0.2) is 0 Å². The number of hydrogen-bond donors (Lipinski definition) is 1. The number of hydrogen-bond acceptors (Lipinski definition) is 4. The molecule has 0 aliphatic carbocycles. The van der Waals surface area contributed by atoms with Crippen LogP contribution in [0.3, 0.4) is 0 Å². The highest BCUT2D eigenvalue weighted by Crippen LogP contribution is 2.32. The van der Waals surface area contributed by atoms with Gasteiger partial charge in [-0.2, -0.15) is 0 Å². The molecule has 0 saturated heterocycles. The van der Waals surface area contributed by atoms with Crippen molar-refractivity contribution in [3.8, 4) is 5.88 Å². The van der Waals surface area contributed by atoms with Crippen LogP contribution in [0, 0.1) is 5.82 Å². The number of halogens is 2. The van der Waals surface area contributed by atoms with E-state index in [1.807, 2.05) is 25.1 Å². The van der Waals surface area contributed by atoms with E-state index in [1.54, 1.807) is 19.4 Å². The van der Waals surface area contributed by atoms with E-state index >= 15 is 0 Å². The van der Waals surface area contributed by atoms with Gasteiger partial charge in [0.1, 0.15) is 11.5 Å². The summed E-state index contributed by atoms with van der Waals surface area (Å²) in [6.07, 6.45) is 1.68. The summed E-state index contributed by atoms with van der Waals surface area (Å²) in [5, 5.41) is 3.64. The van der Waals surface area contributed by atoms with Crippen LogP contribution in [0.4, 0.5) is 15.8 Å². The fourth-order valence-electron chi connectivity index (χ4n) is 1.98. The van der Waals surface area contributed by atoms with Crippen molar-refractivity contribution in [3.05, 3.63) is 46.9 Å². The molecule has 1 heterocycles. The summed E-state index contributed by atoms with van der Waals surface area (Å²) in [6.45, 7) is 0.446. The zero-order valence-corrected chi connectivity index (χ0v) is 12.9. The van der Waals surface area contributed by atoms with Gasteiger partial charge in [-0.05, 0) is 23.8 Å². The van der Waals surface area contributed by atoms with Crippen molar-refractivity contribution in [1.82, 2.24) is 4.98 Å². The van der Waals surface area contributed by atoms with Gasteiger partial charge in [0.05, 0.1) is 12.8 Å². The number of benzene rings is 1. The molecular weight excluding hydrogens is 293 g/mol. The second kappa shape index (κ2) is 6.63. The van der Waals surface area contributed by atoms with Crippen molar-refractivity contribution in [1.29, 1.82) is 0 Å². The third-order valence-electron chi connectivity index (χ3n) is 3.04. The minimum absolute atomic E-state index is 0.350. The first-order chi connectivity index (χ1) is 10.0. The zero-order chi connectivity index (χ0) is 15.4. The van der Waals surface area contributed by atoms with E-state index in [2.05, 4.69) is 10.3 Å². The molecule has 2 aromatic rings. The summed E-state index contributed by atoms with van der Waals surface area (Å²) in [4.78, 5) is 6.14. The molecule has 0 aliphatic heterocycles. The lowest BCUT2D eigenvalue weighted by Gasteiger charge is -2.20. The maximum absolute atomic E-state index is 13.1. The van der Waals surface area contributed by atoms with E-state index in [0.29, 0.717) is 17.4 Å². The monoisotopic (exact) mass is 309 g/mol. The molecule has 1 N–H and O–H groups in total. The van der Waals surface area contributed by atoms with Gasteiger partial charge in [0, 0.05) is 31.9 Å². The normalized spacial score (nSPS) is 10.3. The Morgan fingerprint density at radius 1 is 1.33 bits per heavy atom. The Balaban J connectivity index is 2.26. The van der Waals surface area contributed by atoms with Crippen LogP contribution in [0.15, 0.2) is 30.5 Å². The first kappa shape index (κ1) is 15.4. The van der Waals surface area contributed by atoms with Crippen molar-refractivity contribution in [2.75, 3.05) is 31.4 Å². The van der Waals surface area contributed by atoms with Crippen LogP contribution in [0.2, 0.25) is 5.02 Å². The molecule has 0 atom stereocenters. The Hall–Kier alpha value is -2.01. The maximum atomic E-state index is 13.1. The number of anilines is 2. The van der Waals surface area contributed by atoms with Gasteiger partial charge in [0.25, 0.3) is 0 Å². The lowest BCUT2D eigenvalue weighted by molar-refractivity contribution is 0.400. The summed E-state index contributed by atoms with van der Waals surface area (Å²) >= 11 is 6.03. The summed E-state index contributed by atoms with van der Waals surface area (Å²) in [7, 11) is 5.44. The number of pyridine rings is 1. The lowest BCUT2D eigenvalue weighted by Crippen LogP contribution is -2.13. The number of methoxy groups -OCH3 is 1. The molecule has 4 nitrogen and oxygen atoms in total. The average Bonchev–Trinajstić information content (AvgIpc) is 2.45. The van der Waals surface area contributed by atoms with Gasteiger partial charge < -0.3 is 15.0 Å². The molecule has 2 rings (SSSR count). The predicted molar refractivity (Wildman–Crippen MR) is 83.9 cm³/mol. The molecule has 0 aliphatic rings. The minimum Gasteiger partial charge on any atom is -0.479 e. The standard InChI is InChI=1S/C15H17ClFN3O/c1-20(2)13-6-7-18-15(21-3)14(13)19-9-10-4-5-11(17)8-12(10)16/h4-8,19H,9H2,1-3H3. The largest absolute Gasteiger partial charge is 0.479 e. The molecule has 0 bridgehead atoms. The highest BCUT2D eigenvalue weighted by Gasteiger charge is 2.12. The minimum atomic E-state index is -0.350. The molecule has 112 valence electrons. The quantitative estimate of drug-likeness (QED) is 0.916. The highest BCUT2D eigenvalue weighted by atomic mass is 35.5. The summed E-state index contributed by atoms with van der Waals surface area (Å²) < 4.78 is 18.3. The topological polar surface area (TPSA) is 37.4 Å². The second-order valence-electron chi connectivity index (χ2n) is 4.70. The molecule has 1 aromatic carbocycles. The van der Waals surface area contributed by atoms with Gasteiger partial charge >= 0.3 is 0 Å². The predicted octanol–water partition coefficient (Wildman–Crippen LogP) is 3.56. The molecule has 0 saturated carbocycles. The SMILES string of the molecule is COc1nccc(N(C)C)c1NCc1ccc(F)cc1Cl. The number of nitrogens with zero attached hydrogens (tertiary/aromatic N) is 2. The number of aromatic nitrogens is 1. The maximum Gasteiger partial charge on any atom is 0.239 e. The van der Waals surface area contributed by atoms with Crippen molar-refractivity contribution in [2.45, 2.75) is 6.54 Å². The first-order valence-electron chi connectivity index (χ1n) is 6.41. The van der Waals surface area contributed by atoms with Crippen molar-refractivity contribution in [3.63, 3.8) is 0 Å². The van der Waals surface area contributed by atoms with Gasteiger partial charge in [-0.15, -0.1) is 0 Å². The molecule has 21 heavy (non-hydrogen) atoms. The van der Waals surface area contributed by atoms with Gasteiger partial charge in [0.2, 0.25) is 5.88 Å². The first-order valence-corrected chi connectivity index (χ1v) is 6.79. The zero-order valence-electron chi connectivity index (χ0n) is 12.2. The van der Waals surface area contributed by atoms with E-state index in [1.165, 1.54) is 12.1 Å². The molecule has 0 spiro atoms. The number of rotatable bonds is 5. The van der Waals surface area contributed by atoms with Crippen LogP contribution in [-0.4, -0.2) is 26.2 Å². The average molecular weight is 310 g/mol. The van der Waals surface area contributed by atoms with Crippen LogP contribution in [0.5, 0.6) is 5.88 Å². The van der Waals surface area contributed by atoms with Crippen LogP contribution in [-0.2, 0) is 6.54 Å². The van der Waals surface area contributed by atoms with Crippen LogP contribution in [0.1, 0.15) is 5.56 Å².